The molecular weight excluding hydrogens is 534 g/mol. The maximum Gasteiger partial charge on any atom is 0.230 e. The molecule has 5 rings (SSSR count). The molecule has 0 aliphatic rings. The average molecular weight is 572 g/mol. The lowest BCUT2D eigenvalue weighted by molar-refractivity contribution is -0.115. The summed E-state index contributed by atoms with van der Waals surface area (Å²) in [6.07, 6.45) is 2.11. The van der Waals surface area contributed by atoms with Gasteiger partial charge in [0.1, 0.15) is 12.4 Å². The van der Waals surface area contributed by atoms with Gasteiger partial charge in [-0.25, -0.2) is 0 Å². The normalized spacial score (nSPS) is 11.7. The minimum absolute atomic E-state index is 0.0923. The molecule has 0 fully saturated rings. The summed E-state index contributed by atoms with van der Waals surface area (Å²) in [5, 5.41) is 14.1. The van der Waals surface area contributed by atoms with Gasteiger partial charge in [0.05, 0.1) is 12.5 Å². The van der Waals surface area contributed by atoms with Crippen molar-refractivity contribution in [3.8, 4) is 5.75 Å². The molecule has 6 heteroatoms. The van der Waals surface area contributed by atoms with Crippen molar-refractivity contribution in [3.63, 3.8) is 0 Å². The first-order valence-electron chi connectivity index (χ1n) is 14.6. The van der Waals surface area contributed by atoms with Crippen LogP contribution >= 0.6 is 0 Å². The Labute approximate surface area is 253 Å². The van der Waals surface area contributed by atoms with E-state index in [4.69, 9.17) is 4.74 Å². The van der Waals surface area contributed by atoms with E-state index in [0.29, 0.717) is 13.2 Å². The zero-order chi connectivity index (χ0) is 29.7. The van der Waals surface area contributed by atoms with E-state index in [-0.39, 0.29) is 12.3 Å². The summed E-state index contributed by atoms with van der Waals surface area (Å²) in [6, 6.07) is 41.6. The van der Waals surface area contributed by atoms with Gasteiger partial charge in [-0.2, -0.15) is 0 Å². The van der Waals surface area contributed by atoms with Crippen LogP contribution in [-0.4, -0.2) is 34.0 Å². The van der Waals surface area contributed by atoms with Gasteiger partial charge >= 0.3 is 0 Å². The largest absolute Gasteiger partial charge is 0.489 e. The van der Waals surface area contributed by atoms with Crippen LogP contribution in [0.1, 0.15) is 34.1 Å². The number of carbonyl (C=O) groups is 1. The molecule has 5 aromatic rings. The number of aliphatic hydroxyl groups excluding tert-OH is 1. The maximum absolute atomic E-state index is 12.4. The van der Waals surface area contributed by atoms with Crippen molar-refractivity contribution in [2.75, 3.05) is 18.4 Å². The smallest absolute Gasteiger partial charge is 0.230 e. The number of hydrogen-bond acceptors (Lipinski definition) is 5. The Morgan fingerprint density at radius 2 is 1.44 bits per heavy atom. The number of pyridine rings is 1. The van der Waals surface area contributed by atoms with E-state index >= 15 is 0 Å². The molecule has 0 saturated heterocycles. The summed E-state index contributed by atoms with van der Waals surface area (Å²) < 4.78 is 5.91. The summed E-state index contributed by atoms with van der Waals surface area (Å²) in [4.78, 5) is 18.9. The number of carbonyl (C=O) groups excluding carboxylic acids is 1. The third kappa shape index (κ3) is 9.64. The van der Waals surface area contributed by atoms with Crippen LogP contribution in [0.25, 0.3) is 0 Å². The van der Waals surface area contributed by atoms with Crippen LogP contribution in [0.5, 0.6) is 5.75 Å². The number of rotatable bonds is 14. The van der Waals surface area contributed by atoms with Crippen molar-refractivity contribution in [1.82, 2.24) is 9.88 Å². The summed E-state index contributed by atoms with van der Waals surface area (Å²) in [7, 11) is 0. The van der Waals surface area contributed by atoms with Gasteiger partial charge in [0.25, 0.3) is 0 Å². The van der Waals surface area contributed by atoms with E-state index < -0.39 is 6.10 Å². The topological polar surface area (TPSA) is 74.7 Å². The molecule has 1 atom stereocenters. The van der Waals surface area contributed by atoms with Crippen LogP contribution in [0.4, 0.5) is 5.69 Å². The molecule has 218 valence electrons. The van der Waals surface area contributed by atoms with E-state index in [2.05, 4.69) is 27.3 Å². The van der Waals surface area contributed by atoms with Crippen LogP contribution in [0, 0.1) is 0 Å². The van der Waals surface area contributed by atoms with Crippen molar-refractivity contribution < 1.29 is 14.6 Å². The molecule has 1 unspecified atom stereocenters. The number of hydrogen-bond donors (Lipinski definition) is 2. The Bertz CT molecular complexity index is 1530. The SMILES string of the molecule is O=C(Cc1ccccn1)Nc1ccc(CCN(Cc2ccccc2)CC(O)c2ccc(OCc3ccccc3)cc2)cc1. The second kappa shape index (κ2) is 15.4. The molecule has 1 amide bonds. The molecule has 0 saturated carbocycles. The second-order valence-electron chi connectivity index (χ2n) is 10.6. The van der Waals surface area contributed by atoms with E-state index in [9.17, 15) is 9.90 Å². The lowest BCUT2D eigenvalue weighted by Crippen LogP contribution is -2.30. The summed E-state index contributed by atoms with van der Waals surface area (Å²) in [6.45, 7) is 2.51. The first-order chi connectivity index (χ1) is 21.1. The molecule has 0 radical (unpaired) electrons. The van der Waals surface area contributed by atoms with Crippen molar-refractivity contribution in [2.24, 2.45) is 0 Å². The number of ether oxygens (including phenoxy) is 1. The zero-order valence-corrected chi connectivity index (χ0v) is 24.2. The van der Waals surface area contributed by atoms with Crippen LogP contribution in [-0.2, 0) is 30.8 Å². The van der Waals surface area contributed by atoms with Gasteiger partial charge < -0.3 is 15.2 Å². The Hall–Kier alpha value is -4.78. The quantitative estimate of drug-likeness (QED) is 0.157. The third-order valence-electron chi connectivity index (χ3n) is 7.22. The molecule has 1 heterocycles. The average Bonchev–Trinajstić information content (AvgIpc) is 3.05. The number of benzene rings is 4. The van der Waals surface area contributed by atoms with Gasteiger partial charge in [-0.3, -0.25) is 14.7 Å². The molecule has 4 aromatic carbocycles. The highest BCUT2D eigenvalue weighted by Crippen LogP contribution is 2.21. The highest BCUT2D eigenvalue weighted by molar-refractivity contribution is 5.92. The monoisotopic (exact) mass is 571 g/mol. The van der Waals surface area contributed by atoms with Crippen LogP contribution in [0.15, 0.2) is 134 Å². The van der Waals surface area contributed by atoms with Crippen LogP contribution < -0.4 is 10.1 Å². The van der Waals surface area contributed by atoms with Crippen molar-refractivity contribution >= 4 is 11.6 Å². The first-order valence-corrected chi connectivity index (χ1v) is 14.6. The summed E-state index contributed by atoms with van der Waals surface area (Å²) in [5.74, 6) is 0.683. The van der Waals surface area contributed by atoms with Gasteiger partial charge in [-0.1, -0.05) is 91.0 Å². The second-order valence-corrected chi connectivity index (χ2v) is 10.6. The number of aromatic nitrogens is 1. The lowest BCUT2D eigenvalue weighted by Gasteiger charge is -2.26. The number of anilines is 1. The number of nitrogens with one attached hydrogen (secondary N) is 1. The lowest BCUT2D eigenvalue weighted by atomic mass is 10.1. The molecule has 0 bridgehead atoms. The molecule has 0 aliphatic carbocycles. The fourth-order valence-corrected chi connectivity index (χ4v) is 4.87. The fourth-order valence-electron chi connectivity index (χ4n) is 4.87. The number of aliphatic hydroxyl groups is 1. The predicted octanol–water partition coefficient (Wildman–Crippen LogP) is 6.62. The summed E-state index contributed by atoms with van der Waals surface area (Å²) >= 11 is 0. The molecule has 6 nitrogen and oxygen atoms in total. The van der Waals surface area contributed by atoms with Crippen LogP contribution in [0.3, 0.4) is 0 Å². The number of amides is 1. The van der Waals surface area contributed by atoms with Crippen molar-refractivity contribution in [2.45, 2.75) is 32.1 Å². The van der Waals surface area contributed by atoms with E-state index in [0.717, 1.165) is 53.3 Å². The zero-order valence-electron chi connectivity index (χ0n) is 24.2. The molecular formula is C37H37N3O3. The third-order valence-corrected chi connectivity index (χ3v) is 7.22. The van der Waals surface area contributed by atoms with E-state index in [1.165, 1.54) is 5.56 Å². The first kappa shape index (κ1) is 29.7. The minimum atomic E-state index is -0.636. The highest BCUT2D eigenvalue weighted by Gasteiger charge is 2.15. The fraction of sp³-hybridized carbons (Fsp3) is 0.189. The maximum atomic E-state index is 12.4. The van der Waals surface area contributed by atoms with Gasteiger partial charge in [-0.15, -0.1) is 0 Å². The van der Waals surface area contributed by atoms with E-state index in [1.807, 2.05) is 115 Å². The van der Waals surface area contributed by atoms with Crippen LogP contribution in [0.2, 0.25) is 0 Å². The molecule has 2 N–H and O–H groups in total. The Kier molecular flexibility index (Phi) is 10.7. The van der Waals surface area contributed by atoms with Gasteiger partial charge in [-0.05, 0) is 65.1 Å². The highest BCUT2D eigenvalue weighted by atomic mass is 16.5. The summed E-state index contributed by atoms with van der Waals surface area (Å²) in [5.41, 5.74) is 5.83. The number of nitrogens with zero attached hydrogens (tertiary/aromatic N) is 2. The van der Waals surface area contributed by atoms with Crippen molar-refractivity contribution in [3.05, 3.63) is 162 Å². The minimum Gasteiger partial charge on any atom is -0.489 e. The molecule has 1 aromatic heterocycles. The predicted molar refractivity (Wildman–Crippen MR) is 171 cm³/mol. The standard InChI is InChI=1S/C37H37N3O3/c41-36(32-16-20-35(21-17-32)43-28-31-11-5-2-6-12-31)27-40(26-30-9-3-1-4-10-30)24-22-29-14-18-33(19-15-29)39-37(42)25-34-13-7-8-23-38-34/h1-21,23,36,41H,22,24-28H2,(H,39,42). The molecule has 0 spiro atoms. The Balaban J connectivity index is 1.16. The van der Waals surface area contributed by atoms with Gasteiger partial charge in [0, 0.05) is 37.2 Å². The van der Waals surface area contributed by atoms with Crippen molar-refractivity contribution in [1.29, 1.82) is 0 Å². The molecule has 43 heavy (non-hydrogen) atoms. The molecule has 0 aliphatic heterocycles. The Morgan fingerprint density at radius 3 is 2.12 bits per heavy atom. The van der Waals surface area contributed by atoms with Gasteiger partial charge in [0.15, 0.2) is 0 Å². The Morgan fingerprint density at radius 1 is 0.767 bits per heavy atom. The van der Waals surface area contributed by atoms with E-state index in [1.54, 1.807) is 6.20 Å². The van der Waals surface area contributed by atoms with Gasteiger partial charge in [0.2, 0.25) is 5.91 Å².